The molecule has 12 nitrogen and oxygen atoms in total. The molecule has 2 rings (SSSR count). The van der Waals surface area contributed by atoms with Crippen molar-refractivity contribution in [3.63, 3.8) is 0 Å². The van der Waals surface area contributed by atoms with Gasteiger partial charge in [-0.1, -0.05) is 0 Å². The second kappa shape index (κ2) is 14.5. The summed E-state index contributed by atoms with van der Waals surface area (Å²) in [6, 6.07) is 0. The van der Waals surface area contributed by atoms with Crippen LogP contribution in [0.4, 0.5) is 5.69 Å². The third-order valence-electron chi connectivity index (χ3n) is 5.22. The number of hydrogen-bond donors (Lipinski definition) is 1. The fourth-order valence-electron chi connectivity index (χ4n) is 3.48. The quantitative estimate of drug-likeness (QED) is 0.211. The molecule has 2 unspecified atom stereocenters. The van der Waals surface area contributed by atoms with E-state index in [1.54, 1.807) is 13.8 Å². The summed E-state index contributed by atoms with van der Waals surface area (Å²) in [4.78, 5) is 62.5. The molecule has 15 heteroatoms. The van der Waals surface area contributed by atoms with Crippen LogP contribution in [0, 0.1) is 10.7 Å². The molecule has 0 aromatic heterocycles. The van der Waals surface area contributed by atoms with Gasteiger partial charge in [0.1, 0.15) is 13.2 Å². The Balaban J connectivity index is 2.47. The SMILES string of the molecule is CC(=O)OCc1c(I)c(NC(=O)C2COC(C)(C)O2)c(I)c(C(=O)N(C)CC(COC(C)=O)OC(C)=O)c1I. The number of carbonyl (C=O) groups is 5. The lowest BCUT2D eigenvalue weighted by atomic mass is 10.1. The number of likely N-dealkylation sites (N-methyl/N-ethyl adjacent to an activating group) is 1. The van der Waals surface area contributed by atoms with Crippen molar-refractivity contribution in [2.24, 2.45) is 0 Å². The number of anilines is 1. The van der Waals surface area contributed by atoms with Gasteiger partial charge in [0.05, 0.1) is 28.0 Å². The Bertz CT molecular complexity index is 1160. The topological polar surface area (TPSA) is 147 Å². The first-order valence-electron chi connectivity index (χ1n) is 11.5. The molecular weight excluding hydrogens is 857 g/mol. The molecule has 1 aliphatic rings. The zero-order valence-corrected chi connectivity index (χ0v) is 28.6. The molecule has 2 amide bonds. The molecule has 0 radical (unpaired) electrons. The highest BCUT2D eigenvalue weighted by atomic mass is 127. The summed E-state index contributed by atoms with van der Waals surface area (Å²) >= 11 is 6.01. The minimum absolute atomic E-state index is 0.0606. The predicted molar refractivity (Wildman–Crippen MR) is 163 cm³/mol. The molecule has 0 aliphatic carbocycles. The molecular formula is C24H29I3N2O10. The zero-order valence-electron chi connectivity index (χ0n) is 22.1. The number of rotatable bonds is 10. The van der Waals surface area contributed by atoms with Gasteiger partial charge < -0.3 is 33.9 Å². The molecule has 1 heterocycles. The van der Waals surface area contributed by atoms with E-state index in [0.717, 1.165) is 0 Å². The van der Waals surface area contributed by atoms with Crippen LogP contribution in [0.15, 0.2) is 0 Å². The van der Waals surface area contributed by atoms with E-state index in [-0.39, 0.29) is 31.9 Å². The molecule has 216 valence electrons. The molecule has 0 saturated carbocycles. The Morgan fingerprint density at radius 3 is 2.13 bits per heavy atom. The van der Waals surface area contributed by atoms with Gasteiger partial charge >= 0.3 is 17.9 Å². The maximum atomic E-state index is 13.7. The van der Waals surface area contributed by atoms with E-state index in [1.165, 1.54) is 32.7 Å². The average molecular weight is 886 g/mol. The molecule has 0 spiro atoms. The van der Waals surface area contributed by atoms with Crippen LogP contribution in [0.25, 0.3) is 0 Å². The third-order valence-corrected chi connectivity index (χ3v) is 8.68. The number of nitrogens with zero attached hydrogens (tertiary/aromatic N) is 1. The van der Waals surface area contributed by atoms with Crippen molar-refractivity contribution in [1.29, 1.82) is 0 Å². The standard InChI is InChI=1S/C24H29I3N2O10/c1-11(30)35-8-14(38-13(3)32)7-29(6)23(34)17-18(25)15(9-36-12(2)31)19(26)21(20(17)27)28-22(33)16-10-37-24(4,5)39-16/h14,16H,7-10H2,1-6H3,(H,28,33). The lowest BCUT2D eigenvalue weighted by Gasteiger charge is -2.26. The van der Waals surface area contributed by atoms with Gasteiger partial charge in [0.2, 0.25) is 0 Å². The Kier molecular flexibility index (Phi) is 12.6. The normalized spacial score (nSPS) is 16.7. The van der Waals surface area contributed by atoms with Gasteiger partial charge in [-0.15, -0.1) is 0 Å². The van der Waals surface area contributed by atoms with E-state index in [2.05, 4.69) is 5.32 Å². The van der Waals surface area contributed by atoms with Crippen LogP contribution < -0.4 is 5.32 Å². The molecule has 1 saturated heterocycles. The average Bonchev–Trinajstić information content (AvgIpc) is 3.19. The summed E-state index contributed by atoms with van der Waals surface area (Å²) in [6.07, 6.45) is -1.77. The van der Waals surface area contributed by atoms with Crippen LogP contribution in [-0.4, -0.2) is 79.4 Å². The number of hydrogen-bond acceptors (Lipinski definition) is 10. The lowest BCUT2D eigenvalue weighted by molar-refractivity contribution is -0.156. The summed E-state index contributed by atoms with van der Waals surface area (Å²) in [5.74, 6) is -3.49. The first-order chi connectivity index (χ1) is 18.0. The van der Waals surface area contributed by atoms with Crippen molar-refractivity contribution >= 4 is 103 Å². The monoisotopic (exact) mass is 886 g/mol. The smallest absolute Gasteiger partial charge is 0.303 e. The Morgan fingerprint density at radius 2 is 1.62 bits per heavy atom. The molecule has 1 aliphatic heterocycles. The number of ether oxygens (including phenoxy) is 5. The highest BCUT2D eigenvalue weighted by Gasteiger charge is 2.38. The van der Waals surface area contributed by atoms with Gasteiger partial charge in [0, 0.05) is 40.5 Å². The van der Waals surface area contributed by atoms with E-state index in [1.807, 2.05) is 67.8 Å². The van der Waals surface area contributed by atoms with Crippen LogP contribution in [0.5, 0.6) is 0 Å². The van der Waals surface area contributed by atoms with E-state index in [0.29, 0.717) is 22.0 Å². The summed E-state index contributed by atoms with van der Waals surface area (Å²) in [7, 11) is 1.51. The highest BCUT2D eigenvalue weighted by Crippen LogP contribution is 2.37. The second-order valence-electron chi connectivity index (χ2n) is 8.98. The van der Waals surface area contributed by atoms with Gasteiger partial charge in [0.25, 0.3) is 11.8 Å². The van der Waals surface area contributed by atoms with E-state index >= 15 is 0 Å². The minimum Gasteiger partial charge on any atom is -0.462 e. The van der Waals surface area contributed by atoms with Crippen LogP contribution >= 0.6 is 67.8 Å². The molecule has 0 bridgehead atoms. The van der Waals surface area contributed by atoms with Gasteiger partial charge in [-0.2, -0.15) is 0 Å². The molecule has 2 atom stereocenters. The van der Waals surface area contributed by atoms with E-state index in [4.69, 9.17) is 23.7 Å². The van der Waals surface area contributed by atoms with Gasteiger partial charge in [0.15, 0.2) is 18.0 Å². The number of amides is 2. The van der Waals surface area contributed by atoms with Gasteiger partial charge in [-0.25, -0.2) is 0 Å². The van der Waals surface area contributed by atoms with E-state index < -0.39 is 47.7 Å². The largest absolute Gasteiger partial charge is 0.462 e. The summed E-state index contributed by atoms with van der Waals surface area (Å²) in [5, 5.41) is 2.85. The zero-order chi connectivity index (χ0) is 29.7. The second-order valence-corrected chi connectivity index (χ2v) is 12.2. The summed E-state index contributed by atoms with van der Waals surface area (Å²) < 4.78 is 28.1. The van der Waals surface area contributed by atoms with Crippen molar-refractivity contribution in [3.05, 3.63) is 21.8 Å². The summed E-state index contributed by atoms with van der Waals surface area (Å²) in [5.41, 5.74) is 1.12. The van der Waals surface area contributed by atoms with Crippen molar-refractivity contribution in [2.45, 2.75) is 59.2 Å². The predicted octanol–water partition coefficient (Wildman–Crippen LogP) is 3.22. The third kappa shape index (κ3) is 9.63. The molecule has 1 aromatic rings. The van der Waals surface area contributed by atoms with Gasteiger partial charge in [-0.05, 0) is 81.6 Å². The van der Waals surface area contributed by atoms with Crippen molar-refractivity contribution in [1.82, 2.24) is 4.90 Å². The van der Waals surface area contributed by atoms with Gasteiger partial charge in [-0.3, -0.25) is 24.0 Å². The number of esters is 3. The van der Waals surface area contributed by atoms with Crippen LogP contribution in [0.1, 0.15) is 50.5 Å². The Hall–Kier alpha value is -1.32. The first kappa shape index (κ1) is 33.9. The van der Waals surface area contributed by atoms with Crippen LogP contribution in [-0.2, 0) is 49.5 Å². The number of nitrogens with one attached hydrogen (secondary N) is 1. The van der Waals surface area contributed by atoms with Crippen molar-refractivity contribution < 1.29 is 47.7 Å². The van der Waals surface area contributed by atoms with E-state index in [9.17, 15) is 24.0 Å². The maximum absolute atomic E-state index is 13.7. The molecule has 1 N–H and O–H groups in total. The fraction of sp³-hybridized carbons (Fsp3) is 0.542. The molecule has 1 fully saturated rings. The summed E-state index contributed by atoms with van der Waals surface area (Å²) in [6.45, 7) is 6.73. The number of halogens is 3. The van der Waals surface area contributed by atoms with Crippen LogP contribution in [0.3, 0.4) is 0 Å². The molecule has 1 aromatic carbocycles. The maximum Gasteiger partial charge on any atom is 0.303 e. The molecule has 39 heavy (non-hydrogen) atoms. The van der Waals surface area contributed by atoms with Crippen molar-refractivity contribution in [2.75, 3.05) is 32.1 Å². The Labute approximate surface area is 266 Å². The van der Waals surface area contributed by atoms with Crippen LogP contribution in [0.2, 0.25) is 0 Å². The number of benzene rings is 1. The van der Waals surface area contributed by atoms with Crippen molar-refractivity contribution in [3.8, 4) is 0 Å². The number of carbonyl (C=O) groups excluding carboxylic acids is 5. The lowest BCUT2D eigenvalue weighted by Crippen LogP contribution is -2.40. The minimum atomic E-state index is -0.913. The highest BCUT2D eigenvalue weighted by molar-refractivity contribution is 14.1. The first-order valence-corrected chi connectivity index (χ1v) is 14.8. The Morgan fingerprint density at radius 1 is 1.00 bits per heavy atom. The fourth-order valence-corrected chi connectivity index (χ4v) is 7.69.